The first-order valence-corrected chi connectivity index (χ1v) is 7.90. The Labute approximate surface area is 103 Å². The lowest BCUT2D eigenvalue weighted by atomic mass is 10.0. The summed E-state index contributed by atoms with van der Waals surface area (Å²) in [5, 5.41) is 12.1. The van der Waals surface area contributed by atoms with Crippen LogP contribution in [0, 0.1) is 5.92 Å². The van der Waals surface area contributed by atoms with E-state index in [1.807, 2.05) is 6.92 Å². The monoisotopic (exact) mass is 263 g/mol. The van der Waals surface area contributed by atoms with Crippen molar-refractivity contribution in [3.05, 3.63) is 0 Å². The van der Waals surface area contributed by atoms with E-state index in [-0.39, 0.29) is 36.3 Å². The van der Waals surface area contributed by atoms with Gasteiger partial charge in [-0.2, -0.15) is 0 Å². The first kappa shape index (κ1) is 14.4. The van der Waals surface area contributed by atoms with Gasteiger partial charge < -0.3 is 10.4 Å². The topological polar surface area (TPSA) is 83.5 Å². The summed E-state index contributed by atoms with van der Waals surface area (Å²) in [4.78, 5) is 11.5. The Morgan fingerprint density at radius 3 is 2.76 bits per heavy atom. The van der Waals surface area contributed by atoms with E-state index in [1.165, 1.54) is 0 Å². The van der Waals surface area contributed by atoms with Crippen molar-refractivity contribution in [1.29, 1.82) is 0 Å². The van der Waals surface area contributed by atoms with Gasteiger partial charge in [-0.05, 0) is 18.8 Å². The van der Waals surface area contributed by atoms with E-state index in [9.17, 15) is 18.3 Å². The predicted molar refractivity (Wildman–Crippen MR) is 65.3 cm³/mol. The van der Waals surface area contributed by atoms with Crippen LogP contribution in [0.4, 0.5) is 0 Å². The molecule has 0 aromatic rings. The lowest BCUT2D eigenvalue weighted by Crippen LogP contribution is -2.33. The normalized spacial score (nSPS) is 24.5. The van der Waals surface area contributed by atoms with E-state index in [2.05, 4.69) is 5.32 Å². The average molecular weight is 263 g/mol. The second kappa shape index (κ2) is 6.35. The highest BCUT2D eigenvalue weighted by Gasteiger charge is 2.29. The second-order valence-electron chi connectivity index (χ2n) is 4.72. The smallest absolute Gasteiger partial charge is 0.220 e. The molecule has 0 aromatic carbocycles. The van der Waals surface area contributed by atoms with Crippen LogP contribution in [-0.2, 0) is 14.6 Å². The van der Waals surface area contributed by atoms with Gasteiger partial charge in [0.15, 0.2) is 9.84 Å². The Morgan fingerprint density at radius 1 is 1.53 bits per heavy atom. The summed E-state index contributed by atoms with van der Waals surface area (Å²) in [5.41, 5.74) is 0. The van der Waals surface area contributed by atoms with Crippen LogP contribution < -0.4 is 5.32 Å². The predicted octanol–water partition coefficient (Wildman–Crippen LogP) is 0.0884. The first-order chi connectivity index (χ1) is 7.93. The molecule has 0 saturated carbocycles. The molecular formula is C11H21NO4S. The van der Waals surface area contributed by atoms with Crippen LogP contribution in [0.15, 0.2) is 0 Å². The average Bonchev–Trinajstić information content (AvgIpc) is 2.55. The van der Waals surface area contributed by atoms with E-state index < -0.39 is 15.9 Å². The Balaban J connectivity index is 2.22. The number of hydrogen-bond donors (Lipinski definition) is 2. The molecule has 0 aliphatic carbocycles. The second-order valence-corrected chi connectivity index (χ2v) is 6.95. The van der Waals surface area contributed by atoms with Gasteiger partial charge in [-0.1, -0.05) is 13.3 Å². The quantitative estimate of drug-likeness (QED) is 0.711. The molecule has 0 spiro atoms. The van der Waals surface area contributed by atoms with Gasteiger partial charge in [0.2, 0.25) is 5.91 Å². The first-order valence-electron chi connectivity index (χ1n) is 6.08. The van der Waals surface area contributed by atoms with Crippen molar-refractivity contribution < 1.29 is 18.3 Å². The lowest BCUT2D eigenvalue weighted by molar-refractivity contribution is -0.122. The fraction of sp³-hybridized carbons (Fsp3) is 0.909. The van der Waals surface area contributed by atoms with Crippen molar-refractivity contribution in [2.45, 2.75) is 38.7 Å². The van der Waals surface area contributed by atoms with Crippen LogP contribution >= 0.6 is 0 Å². The van der Waals surface area contributed by atoms with Gasteiger partial charge in [-0.15, -0.1) is 0 Å². The molecule has 17 heavy (non-hydrogen) atoms. The number of carbonyl (C=O) groups is 1. The Kier molecular flexibility index (Phi) is 5.39. The number of aliphatic hydroxyl groups excluding tert-OH is 1. The van der Waals surface area contributed by atoms with E-state index in [0.717, 1.165) is 6.42 Å². The minimum Gasteiger partial charge on any atom is -0.391 e. The van der Waals surface area contributed by atoms with E-state index >= 15 is 0 Å². The highest BCUT2D eigenvalue weighted by molar-refractivity contribution is 7.91. The maximum Gasteiger partial charge on any atom is 0.220 e. The molecule has 2 unspecified atom stereocenters. The van der Waals surface area contributed by atoms with Crippen molar-refractivity contribution in [3.8, 4) is 0 Å². The molecule has 0 aromatic heterocycles. The molecule has 2 atom stereocenters. The van der Waals surface area contributed by atoms with Crippen molar-refractivity contribution in [3.63, 3.8) is 0 Å². The molecule has 100 valence electrons. The zero-order valence-corrected chi connectivity index (χ0v) is 11.0. The summed E-state index contributed by atoms with van der Waals surface area (Å²) in [5.74, 6) is 0.104. The third-order valence-electron chi connectivity index (χ3n) is 2.96. The fourth-order valence-corrected chi connectivity index (χ4v) is 3.90. The van der Waals surface area contributed by atoms with Crippen molar-refractivity contribution >= 4 is 15.7 Å². The van der Waals surface area contributed by atoms with Gasteiger partial charge in [0.1, 0.15) is 0 Å². The molecule has 0 bridgehead atoms. The zero-order valence-electron chi connectivity index (χ0n) is 10.2. The lowest BCUT2D eigenvalue weighted by Gasteiger charge is -2.12. The van der Waals surface area contributed by atoms with Crippen molar-refractivity contribution in [2.75, 3.05) is 18.1 Å². The molecule has 1 rings (SSSR count). The molecule has 1 fully saturated rings. The number of rotatable bonds is 6. The summed E-state index contributed by atoms with van der Waals surface area (Å²) < 4.78 is 22.4. The van der Waals surface area contributed by atoms with Crippen LogP contribution in [0.1, 0.15) is 32.6 Å². The van der Waals surface area contributed by atoms with Crippen molar-refractivity contribution in [1.82, 2.24) is 5.32 Å². The summed E-state index contributed by atoms with van der Waals surface area (Å²) in [6.07, 6.45) is 1.86. The SMILES string of the molecule is CCCC(O)CNC(=O)CC1CCS(=O)(=O)C1. The van der Waals surface area contributed by atoms with Gasteiger partial charge in [0.25, 0.3) is 0 Å². The van der Waals surface area contributed by atoms with Gasteiger partial charge in [0, 0.05) is 13.0 Å². The summed E-state index contributed by atoms with van der Waals surface area (Å²) in [7, 11) is -2.91. The summed E-state index contributed by atoms with van der Waals surface area (Å²) in [6, 6.07) is 0. The minimum atomic E-state index is -2.91. The molecular weight excluding hydrogens is 242 g/mol. The van der Waals surface area contributed by atoms with Crippen LogP contribution in [-0.4, -0.2) is 43.6 Å². The molecule has 1 heterocycles. The molecule has 0 radical (unpaired) electrons. The van der Waals surface area contributed by atoms with Crippen LogP contribution in [0.5, 0.6) is 0 Å². The standard InChI is InChI=1S/C11H21NO4S/c1-2-3-10(13)7-12-11(14)6-9-4-5-17(15,16)8-9/h9-10,13H,2-8H2,1H3,(H,12,14). The Morgan fingerprint density at radius 2 is 2.24 bits per heavy atom. The number of carbonyl (C=O) groups excluding carboxylic acids is 1. The summed E-state index contributed by atoms with van der Waals surface area (Å²) >= 11 is 0. The van der Waals surface area contributed by atoms with Crippen molar-refractivity contribution in [2.24, 2.45) is 5.92 Å². The number of nitrogens with one attached hydrogen (secondary N) is 1. The molecule has 1 amide bonds. The van der Waals surface area contributed by atoms with Gasteiger partial charge in [-0.25, -0.2) is 8.42 Å². The Bertz CT molecular complexity index is 352. The largest absolute Gasteiger partial charge is 0.391 e. The summed E-state index contributed by atoms with van der Waals surface area (Å²) in [6.45, 7) is 2.22. The Hall–Kier alpha value is -0.620. The van der Waals surface area contributed by atoms with E-state index in [4.69, 9.17) is 0 Å². The molecule has 1 saturated heterocycles. The highest BCUT2D eigenvalue weighted by Crippen LogP contribution is 2.21. The molecule has 2 N–H and O–H groups in total. The zero-order chi connectivity index (χ0) is 12.9. The van der Waals surface area contributed by atoms with Gasteiger partial charge in [-0.3, -0.25) is 4.79 Å². The number of sulfone groups is 1. The molecule has 1 aliphatic heterocycles. The van der Waals surface area contributed by atoms with Gasteiger partial charge in [0.05, 0.1) is 17.6 Å². The third kappa shape index (κ3) is 5.50. The maximum atomic E-state index is 11.5. The fourth-order valence-electron chi connectivity index (χ4n) is 2.03. The van der Waals surface area contributed by atoms with Crippen LogP contribution in [0.25, 0.3) is 0 Å². The van der Waals surface area contributed by atoms with E-state index in [0.29, 0.717) is 12.8 Å². The minimum absolute atomic E-state index is 0.0525. The number of aliphatic hydroxyl groups is 1. The van der Waals surface area contributed by atoms with Gasteiger partial charge >= 0.3 is 0 Å². The highest BCUT2D eigenvalue weighted by atomic mass is 32.2. The maximum absolute atomic E-state index is 11.5. The van der Waals surface area contributed by atoms with Crippen LogP contribution in [0.3, 0.4) is 0 Å². The number of amides is 1. The third-order valence-corrected chi connectivity index (χ3v) is 4.79. The molecule has 5 nitrogen and oxygen atoms in total. The van der Waals surface area contributed by atoms with Crippen LogP contribution in [0.2, 0.25) is 0 Å². The van der Waals surface area contributed by atoms with E-state index in [1.54, 1.807) is 0 Å². The molecule has 6 heteroatoms. The molecule has 1 aliphatic rings. The number of hydrogen-bond acceptors (Lipinski definition) is 4.